The fourth-order valence-corrected chi connectivity index (χ4v) is 2.09. The predicted molar refractivity (Wildman–Crippen MR) is 69.3 cm³/mol. The van der Waals surface area contributed by atoms with E-state index < -0.39 is 0 Å². The maximum absolute atomic E-state index is 10.5. The molecule has 18 heavy (non-hydrogen) atoms. The molecule has 0 unspecified atom stereocenters. The molecule has 3 aromatic rings. The van der Waals surface area contributed by atoms with Crippen molar-refractivity contribution in [1.82, 2.24) is 0 Å². The fraction of sp³-hybridized carbons (Fsp3) is 0. The van der Waals surface area contributed by atoms with Gasteiger partial charge in [0.25, 0.3) is 6.47 Å². The van der Waals surface area contributed by atoms with Crippen molar-refractivity contribution in [2.24, 2.45) is 0 Å². The van der Waals surface area contributed by atoms with Gasteiger partial charge in [0, 0.05) is 5.39 Å². The average Bonchev–Trinajstić information content (AvgIpc) is 2.37. The minimum Gasteiger partial charge on any atom is -1.00 e. The Morgan fingerprint density at radius 3 is 2.28 bits per heavy atom. The van der Waals surface area contributed by atoms with Gasteiger partial charge in [-0.05, 0) is 34.4 Å². The van der Waals surface area contributed by atoms with Crippen LogP contribution in [0.15, 0.2) is 54.6 Å². The third-order valence-electron chi connectivity index (χ3n) is 2.88. The second-order valence-corrected chi connectivity index (χ2v) is 3.89. The molecule has 0 N–H and O–H groups in total. The maximum Gasteiger partial charge on any atom is 1.00 e. The molecule has 0 fully saturated rings. The molecule has 0 heterocycles. The van der Waals surface area contributed by atoms with E-state index in [0.717, 1.165) is 16.2 Å². The van der Waals surface area contributed by atoms with Gasteiger partial charge in [-0.25, -0.2) is 0 Å². The van der Waals surface area contributed by atoms with Crippen molar-refractivity contribution in [2.45, 2.75) is 0 Å². The molecule has 0 amide bonds. The van der Waals surface area contributed by atoms with Crippen LogP contribution in [0.5, 0.6) is 5.75 Å². The quantitative estimate of drug-likeness (QED) is 0.377. The minimum atomic E-state index is 0. The van der Waals surface area contributed by atoms with E-state index in [1.54, 1.807) is 6.07 Å². The predicted octanol–water partition coefficient (Wildman–Crippen LogP) is 0.645. The van der Waals surface area contributed by atoms with Crippen LogP contribution in [0.1, 0.15) is 1.43 Å². The van der Waals surface area contributed by atoms with Gasteiger partial charge in [-0.1, -0.05) is 36.4 Å². The Labute approximate surface area is 128 Å². The molecule has 0 saturated carbocycles. The number of hydrogen-bond acceptors (Lipinski definition) is 2. The largest absolute Gasteiger partial charge is 1.00 e. The number of carbonyl (C=O) groups excluding carboxylic acids is 1. The van der Waals surface area contributed by atoms with Crippen LogP contribution in [0.4, 0.5) is 0 Å². The molecule has 3 rings (SSSR count). The molecule has 2 nitrogen and oxygen atoms in total. The van der Waals surface area contributed by atoms with Gasteiger partial charge in [0.15, 0.2) is 0 Å². The van der Waals surface area contributed by atoms with Gasteiger partial charge in [0.2, 0.25) is 0 Å². The summed E-state index contributed by atoms with van der Waals surface area (Å²) in [5.74, 6) is 0.600. The zero-order chi connectivity index (χ0) is 11.7. The van der Waals surface area contributed by atoms with E-state index >= 15 is 0 Å². The summed E-state index contributed by atoms with van der Waals surface area (Å²) in [5, 5.41) is 4.35. The van der Waals surface area contributed by atoms with Gasteiger partial charge in [0.1, 0.15) is 5.75 Å². The van der Waals surface area contributed by atoms with Crippen LogP contribution in [0, 0.1) is 0 Å². The van der Waals surface area contributed by atoms with Crippen molar-refractivity contribution in [3.63, 3.8) is 0 Å². The molecule has 0 saturated heterocycles. The third-order valence-corrected chi connectivity index (χ3v) is 2.88. The normalized spacial score (nSPS) is 10.0. The summed E-state index contributed by atoms with van der Waals surface area (Å²) in [4.78, 5) is 10.5. The van der Waals surface area contributed by atoms with Crippen LogP contribution < -0.4 is 34.3 Å². The molecule has 0 radical (unpaired) electrons. The second kappa shape index (κ2) is 5.53. The molecule has 0 bridgehead atoms. The third kappa shape index (κ3) is 2.27. The number of ether oxygens (including phenoxy) is 1. The van der Waals surface area contributed by atoms with Gasteiger partial charge in [-0.3, -0.25) is 4.79 Å². The number of benzene rings is 3. The van der Waals surface area contributed by atoms with Gasteiger partial charge >= 0.3 is 29.6 Å². The Bertz CT molecular complexity index is 713. The first-order valence-corrected chi connectivity index (χ1v) is 5.40. The van der Waals surface area contributed by atoms with Crippen LogP contribution in [-0.4, -0.2) is 6.47 Å². The van der Waals surface area contributed by atoms with Crippen LogP contribution in [0.2, 0.25) is 0 Å². The Kier molecular flexibility index (Phi) is 4.02. The zero-order valence-corrected chi connectivity index (χ0v) is 12.1. The van der Waals surface area contributed by atoms with E-state index in [-0.39, 0.29) is 31.0 Å². The van der Waals surface area contributed by atoms with E-state index in [1.165, 1.54) is 5.39 Å². The zero-order valence-electron chi connectivity index (χ0n) is 11.1. The maximum atomic E-state index is 10.5. The van der Waals surface area contributed by atoms with Gasteiger partial charge in [-0.2, -0.15) is 0 Å². The fourth-order valence-electron chi connectivity index (χ4n) is 2.09. The van der Waals surface area contributed by atoms with E-state index in [2.05, 4.69) is 12.1 Å². The molecule has 0 atom stereocenters. The van der Waals surface area contributed by atoms with E-state index in [0.29, 0.717) is 12.2 Å². The first-order chi connectivity index (χ1) is 8.38. The number of hydrogen-bond donors (Lipinski definition) is 0. The topological polar surface area (TPSA) is 26.3 Å². The molecule has 0 aliphatic carbocycles. The molecule has 0 aliphatic rings. The molecule has 3 aromatic carbocycles. The van der Waals surface area contributed by atoms with Crippen molar-refractivity contribution in [3.8, 4) is 5.75 Å². The molecule has 0 spiro atoms. The molecule has 0 aromatic heterocycles. The minimum absolute atomic E-state index is 0. The smallest absolute Gasteiger partial charge is 1.00 e. The van der Waals surface area contributed by atoms with Crippen LogP contribution in [0.3, 0.4) is 0 Å². The number of rotatable bonds is 2. The first kappa shape index (κ1) is 13.1. The van der Waals surface area contributed by atoms with Crippen LogP contribution in [0.25, 0.3) is 21.5 Å². The first-order valence-electron chi connectivity index (χ1n) is 5.40. The van der Waals surface area contributed by atoms with E-state index in [9.17, 15) is 4.79 Å². The van der Waals surface area contributed by atoms with Crippen LogP contribution >= 0.6 is 0 Å². The average molecular weight is 246 g/mol. The molecule has 0 aliphatic heterocycles. The van der Waals surface area contributed by atoms with Crippen molar-refractivity contribution >= 4 is 28.0 Å². The van der Waals surface area contributed by atoms with E-state index in [4.69, 9.17) is 4.74 Å². The summed E-state index contributed by atoms with van der Waals surface area (Å²) in [6, 6.07) is 18.0. The SMILES string of the molecule is O=COc1cccc2cc3ccccc3cc12.[H-].[Na+]. The number of carbonyl (C=O) groups is 1. The molecule has 3 heteroatoms. The van der Waals surface area contributed by atoms with Crippen molar-refractivity contribution in [1.29, 1.82) is 0 Å². The summed E-state index contributed by atoms with van der Waals surface area (Å²) in [5.41, 5.74) is 0. The Morgan fingerprint density at radius 1 is 0.889 bits per heavy atom. The molecular formula is C15H11NaO2. The van der Waals surface area contributed by atoms with Crippen molar-refractivity contribution in [3.05, 3.63) is 54.6 Å². The Balaban J connectivity index is 0.000000902. The molecular weight excluding hydrogens is 235 g/mol. The van der Waals surface area contributed by atoms with Crippen molar-refractivity contribution < 1.29 is 40.5 Å². The standard InChI is InChI=1S/C15H10O2.Na.H/c16-10-17-15-7-3-6-13-8-11-4-1-2-5-12(11)9-14(13)15;;/h1-10H;;/q;+1;-1. The van der Waals surface area contributed by atoms with Crippen LogP contribution in [-0.2, 0) is 4.79 Å². The van der Waals surface area contributed by atoms with Gasteiger partial charge in [-0.15, -0.1) is 0 Å². The second-order valence-electron chi connectivity index (χ2n) is 3.89. The Hall–Kier alpha value is -1.35. The summed E-state index contributed by atoms with van der Waals surface area (Å²) < 4.78 is 4.99. The summed E-state index contributed by atoms with van der Waals surface area (Å²) in [6.07, 6.45) is 0. The molecule has 84 valence electrons. The van der Waals surface area contributed by atoms with E-state index in [1.807, 2.05) is 36.4 Å². The summed E-state index contributed by atoms with van der Waals surface area (Å²) in [7, 11) is 0. The monoisotopic (exact) mass is 246 g/mol. The van der Waals surface area contributed by atoms with Gasteiger partial charge in [0.05, 0.1) is 0 Å². The summed E-state index contributed by atoms with van der Waals surface area (Å²) >= 11 is 0. The number of fused-ring (bicyclic) bond motifs is 2. The van der Waals surface area contributed by atoms with Crippen molar-refractivity contribution in [2.75, 3.05) is 0 Å². The summed E-state index contributed by atoms with van der Waals surface area (Å²) in [6.45, 7) is 0.462. The Morgan fingerprint density at radius 2 is 1.56 bits per heavy atom. The van der Waals surface area contributed by atoms with Gasteiger partial charge < -0.3 is 6.16 Å².